The third kappa shape index (κ3) is 7.99. The summed E-state index contributed by atoms with van der Waals surface area (Å²) in [6.45, 7) is 9.00. The summed E-state index contributed by atoms with van der Waals surface area (Å²) in [5, 5.41) is 13.2. The standard InChI is InChI=1S/C27H37Cl2N7O3S/c1-18-15-22(28)33-24(29)23(18)25(37)30-7-3-19(2)34-10-4-21(5-11-34)36(16-20-6-14-40-17-20)27(39)32-9-13-35-12-8-31-26(35)38/h6,14-15,17,19,21H,3-5,7-13,16H2,1-2H3,(H,30,37)(H,31,38)(H,32,39)/t19-/m1/s1. The molecule has 0 aromatic carbocycles. The van der Waals surface area contributed by atoms with Gasteiger partial charge in [-0.1, -0.05) is 23.2 Å². The molecule has 0 spiro atoms. The number of hydrogen-bond donors (Lipinski definition) is 3. The summed E-state index contributed by atoms with van der Waals surface area (Å²) in [6.07, 6.45) is 2.53. The first-order valence-electron chi connectivity index (χ1n) is 13.7. The molecule has 2 aliphatic heterocycles. The number of hydrogen-bond acceptors (Lipinski definition) is 6. The van der Waals surface area contributed by atoms with Gasteiger partial charge in [-0.05, 0) is 67.1 Å². The molecule has 2 aliphatic rings. The molecule has 0 aliphatic carbocycles. The lowest BCUT2D eigenvalue weighted by Gasteiger charge is -2.40. The molecule has 40 heavy (non-hydrogen) atoms. The number of thiophene rings is 1. The second kappa shape index (κ2) is 14.3. The molecule has 1 atom stereocenters. The van der Waals surface area contributed by atoms with E-state index in [4.69, 9.17) is 23.2 Å². The smallest absolute Gasteiger partial charge is 0.318 e. The van der Waals surface area contributed by atoms with Gasteiger partial charge in [0.05, 0.1) is 5.56 Å². The van der Waals surface area contributed by atoms with Crippen molar-refractivity contribution >= 4 is 52.5 Å². The van der Waals surface area contributed by atoms with Gasteiger partial charge in [-0.2, -0.15) is 11.3 Å². The molecule has 0 radical (unpaired) electrons. The van der Waals surface area contributed by atoms with Crippen LogP contribution in [0.3, 0.4) is 0 Å². The predicted molar refractivity (Wildman–Crippen MR) is 158 cm³/mol. The van der Waals surface area contributed by atoms with Crippen molar-refractivity contribution in [3.63, 3.8) is 0 Å². The number of nitrogens with one attached hydrogen (secondary N) is 3. The minimum absolute atomic E-state index is 0.0775. The third-order valence-corrected chi connectivity index (χ3v) is 8.78. The minimum Gasteiger partial charge on any atom is -0.352 e. The highest BCUT2D eigenvalue weighted by Crippen LogP contribution is 2.23. The van der Waals surface area contributed by atoms with E-state index in [9.17, 15) is 14.4 Å². The lowest BCUT2D eigenvalue weighted by Crippen LogP contribution is -2.52. The molecule has 2 fully saturated rings. The molecule has 5 amide bonds. The molecule has 0 unspecified atom stereocenters. The molecule has 218 valence electrons. The van der Waals surface area contributed by atoms with Gasteiger partial charge in [0, 0.05) is 64.4 Å². The third-order valence-electron chi connectivity index (χ3n) is 7.58. The van der Waals surface area contributed by atoms with Crippen LogP contribution in [0.4, 0.5) is 9.59 Å². The van der Waals surface area contributed by atoms with Gasteiger partial charge in [0.1, 0.15) is 10.3 Å². The average molecular weight is 611 g/mol. The fourth-order valence-electron chi connectivity index (χ4n) is 5.24. The number of carbonyl (C=O) groups is 3. The van der Waals surface area contributed by atoms with Crippen LogP contribution in [0.25, 0.3) is 0 Å². The molecule has 13 heteroatoms. The molecule has 4 heterocycles. The van der Waals surface area contributed by atoms with Gasteiger partial charge >= 0.3 is 12.1 Å². The van der Waals surface area contributed by atoms with Gasteiger partial charge in [-0.15, -0.1) is 0 Å². The van der Waals surface area contributed by atoms with Crippen molar-refractivity contribution in [1.29, 1.82) is 0 Å². The molecule has 2 aromatic rings. The van der Waals surface area contributed by atoms with Crippen molar-refractivity contribution in [2.75, 3.05) is 45.8 Å². The predicted octanol–water partition coefficient (Wildman–Crippen LogP) is 3.97. The number of carbonyl (C=O) groups excluding carboxylic acids is 3. The van der Waals surface area contributed by atoms with Gasteiger partial charge < -0.3 is 30.7 Å². The largest absolute Gasteiger partial charge is 0.352 e. The zero-order chi connectivity index (χ0) is 28.6. The highest BCUT2D eigenvalue weighted by molar-refractivity contribution is 7.07. The first-order valence-corrected chi connectivity index (χ1v) is 15.4. The van der Waals surface area contributed by atoms with E-state index in [1.54, 1.807) is 29.2 Å². The zero-order valence-corrected chi connectivity index (χ0v) is 25.2. The Morgan fingerprint density at radius 3 is 2.65 bits per heavy atom. The number of likely N-dealkylation sites (tertiary alicyclic amines) is 1. The summed E-state index contributed by atoms with van der Waals surface area (Å²) in [5.41, 5.74) is 2.17. The Balaban J connectivity index is 1.25. The fourth-order valence-corrected chi connectivity index (χ4v) is 6.52. The summed E-state index contributed by atoms with van der Waals surface area (Å²) in [6, 6.07) is 3.91. The number of rotatable bonds is 11. The summed E-state index contributed by atoms with van der Waals surface area (Å²) in [7, 11) is 0. The van der Waals surface area contributed by atoms with E-state index in [1.807, 2.05) is 10.3 Å². The monoisotopic (exact) mass is 609 g/mol. The van der Waals surface area contributed by atoms with E-state index < -0.39 is 0 Å². The Bertz CT molecular complexity index is 1150. The lowest BCUT2D eigenvalue weighted by atomic mass is 10.0. The number of piperidine rings is 1. The Labute approximate surface area is 249 Å². The number of urea groups is 2. The summed E-state index contributed by atoms with van der Waals surface area (Å²) < 4.78 is 0. The van der Waals surface area contributed by atoms with E-state index in [-0.39, 0.29) is 40.4 Å². The fraction of sp³-hybridized carbons (Fsp3) is 0.556. The van der Waals surface area contributed by atoms with E-state index in [1.165, 1.54) is 0 Å². The van der Waals surface area contributed by atoms with Crippen LogP contribution in [0.1, 0.15) is 47.7 Å². The number of halogens is 2. The van der Waals surface area contributed by atoms with Gasteiger partial charge in [-0.25, -0.2) is 14.6 Å². The summed E-state index contributed by atoms with van der Waals surface area (Å²) in [4.78, 5) is 47.8. The molecule has 0 saturated carbocycles. The van der Waals surface area contributed by atoms with Gasteiger partial charge in [0.15, 0.2) is 0 Å². The maximum Gasteiger partial charge on any atom is 0.318 e. The topological polar surface area (TPSA) is 110 Å². The molecule has 10 nitrogen and oxygen atoms in total. The first kappa shape index (κ1) is 30.4. The van der Waals surface area contributed by atoms with Crippen molar-refractivity contribution in [2.45, 2.75) is 51.7 Å². The van der Waals surface area contributed by atoms with Crippen LogP contribution >= 0.6 is 34.5 Å². The summed E-state index contributed by atoms with van der Waals surface area (Å²) >= 11 is 13.7. The van der Waals surface area contributed by atoms with E-state index >= 15 is 0 Å². The molecular formula is C27H37Cl2N7O3S. The van der Waals surface area contributed by atoms with E-state index in [0.717, 1.165) is 37.9 Å². The lowest BCUT2D eigenvalue weighted by molar-refractivity contribution is 0.0903. The Hall–Kier alpha value is -2.60. The minimum atomic E-state index is -0.252. The van der Waals surface area contributed by atoms with Gasteiger partial charge in [0.25, 0.3) is 5.91 Å². The van der Waals surface area contributed by atoms with Crippen molar-refractivity contribution in [2.24, 2.45) is 0 Å². The Morgan fingerprint density at radius 2 is 2.00 bits per heavy atom. The maximum absolute atomic E-state index is 13.3. The van der Waals surface area contributed by atoms with E-state index in [2.05, 4.69) is 44.2 Å². The molecular weight excluding hydrogens is 573 g/mol. The highest BCUT2D eigenvalue weighted by Gasteiger charge is 2.30. The Morgan fingerprint density at radius 1 is 1.23 bits per heavy atom. The summed E-state index contributed by atoms with van der Waals surface area (Å²) in [5.74, 6) is -0.252. The van der Waals surface area contributed by atoms with Crippen LogP contribution in [-0.2, 0) is 6.54 Å². The van der Waals surface area contributed by atoms with Crippen LogP contribution in [0, 0.1) is 6.92 Å². The van der Waals surface area contributed by atoms with Crippen LogP contribution < -0.4 is 16.0 Å². The number of aryl methyl sites for hydroxylation is 1. The second-order valence-electron chi connectivity index (χ2n) is 10.3. The quantitative estimate of drug-likeness (QED) is 0.334. The first-order chi connectivity index (χ1) is 19.2. The van der Waals surface area contributed by atoms with E-state index in [0.29, 0.717) is 50.4 Å². The number of pyridine rings is 1. The average Bonchev–Trinajstić information content (AvgIpc) is 3.58. The molecule has 2 aromatic heterocycles. The van der Waals surface area contributed by atoms with Crippen LogP contribution in [-0.4, -0.2) is 95.6 Å². The normalized spacial score (nSPS) is 17.0. The molecule has 4 rings (SSSR count). The van der Waals surface area contributed by atoms with Crippen LogP contribution in [0.15, 0.2) is 22.9 Å². The highest BCUT2D eigenvalue weighted by atomic mass is 35.5. The molecule has 3 N–H and O–H groups in total. The number of amides is 5. The maximum atomic E-state index is 13.3. The van der Waals surface area contributed by atoms with Crippen LogP contribution in [0.2, 0.25) is 10.3 Å². The SMILES string of the molecule is Cc1cc(Cl)nc(Cl)c1C(=O)NCC[C@@H](C)N1CCC(N(Cc2ccsc2)C(=O)NCCN2CCNC2=O)CC1. The number of aromatic nitrogens is 1. The van der Waals surface area contributed by atoms with Gasteiger partial charge in [-0.3, -0.25) is 4.79 Å². The van der Waals surface area contributed by atoms with Crippen molar-refractivity contribution in [3.8, 4) is 0 Å². The van der Waals surface area contributed by atoms with Crippen molar-refractivity contribution in [1.82, 2.24) is 35.6 Å². The van der Waals surface area contributed by atoms with Crippen molar-refractivity contribution in [3.05, 3.63) is 49.9 Å². The molecule has 2 saturated heterocycles. The van der Waals surface area contributed by atoms with Crippen LogP contribution in [0.5, 0.6) is 0 Å². The second-order valence-corrected chi connectivity index (χ2v) is 11.8. The Kier molecular flexibility index (Phi) is 10.9. The zero-order valence-electron chi connectivity index (χ0n) is 22.9. The van der Waals surface area contributed by atoms with Crippen molar-refractivity contribution < 1.29 is 14.4 Å². The number of nitrogens with zero attached hydrogens (tertiary/aromatic N) is 4. The molecule has 0 bridgehead atoms. The van der Waals surface area contributed by atoms with Gasteiger partial charge in [0.2, 0.25) is 0 Å².